The van der Waals surface area contributed by atoms with Crippen LogP contribution in [0, 0.1) is 0 Å². The highest BCUT2D eigenvalue weighted by Gasteiger charge is 2.19. The van der Waals surface area contributed by atoms with Crippen LogP contribution in [0.4, 0.5) is 0 Å². The first-order valence-electron chi connectivity index (χ1n) is 26.8. The van der Waals surface area contributed by atoms with E-state index in [9.17, 15) is 14.4 Å². The van der Waals surface area contributed by atoms with E-state index in [1.807, 2.05) is 0 Å². The van der Waals surface area contributed by atoms with Crippen LogP contribution >= 0.6 is 0 Å². The van der Waals surface area contributed by atoms with E-state index in [1.54, 1.807) is 0 Å². The molecule has 0 unspecified atom stereocenters. The second-order valence-corrected chi connectivity index (χ2v) is 17.8. The summed E-state index contributed by atoms with van der Waals surface area (Å²) in [5.41, 5.74) is 0. The zero-order chi connectivity index (χ0) is 45.8. The molecule has 0 aliphatic heterocycles. The second kappa shape index (κ2) is 51.7. The van der Waals surface area contributed by atoms with Crippen molar-refractivity contribution in [2.75, 3.05) is 13.2 Å². The Balaban J connectivity index is 4.41. The van der Waals surface area contributed by atoms with Gasteiger partial charge in [-0.25, -0.2) is 0 Å². The van der Waals surface area contributed by atoms with Gasteiger partial charge >= 0.3 is 17.9 Å². The van der Waals surface area contributed by atoms with Crippen molar-refractivity contribution in [1.82, 2.24) is 0 Å². The van der Waals surface area contributed by atoms with E-state index in [2.05, 4.69) is 81.5 Å². The molecule has 0 aromatic heterocycles. The lowest BCUT2D eigenvalue weighted by Gasteiger charge is -2.18. The van der Waals surface area contributed by atoms with Gasteiger partial charge in [0.25, 0.3) is 0 Å². The van der Waals surface area contributed by atoms with E-state index in [-0.39, 0.29) is 37.5 Å². The molecule has 63 heavy (non-hydrogen) atoms. The molecule has 0 aliphatic rings. The second-order valence-electron chi connectivity index (χ2n) is 17.8. The highest BCUT2D eigenvalue weighted by molar-refractivity contribution is 5.71. The van der Waals surface area contributed by atoms with Gasteiger partial charge in [-0.1, -0.05) is 210 Å². The van der Waals surface area contributed by atoms with Crippen LogP contribution in [0.15, 0.2) is 60.8 Å². The molecular formula is C57H100O6. The number of esters is 3. The zero-order valence-corrected chi connectivity index (χ0v) is 41.6. The van der Waals surface area contributed by atoms with Crippen molar-refractivity contribution in [1.29, 1.82) is 0 Å². The Hall–Kier alpha value is -2.89. The van der Waals surface area contributed by atoms with Crippen LogP contribution in [-0.4, -0.2) is 37.2 Å². The van der Waals surface area contributed by atoms with Crippen molar-refractivity contribution in [3.8, 4) is 0 Å². The van der Waals surface area contributed by atoms with Gasteiger partial charge in [-0.3, -0.25) is 14.4 Å². The minimum Gasteiger partial charge on any atom is -0.462 e. The van der Waals surface area contributed by atoms with Crippen LogP contribution in [0.1, 0.15) is 265 Å². The van der Waals surface area contributed by atoms with Gasteiger partial charge in [-0.2, -0.15) is 0 Å². The smallest absolute Gasteiger partial charge is 0.306 e. The molecular weight excluding hydrogens is 781 g/mol. The van der Waals surface area contributed by atoms with Gasteiger partial charge in [0.15, 0.2) is 6.10 Å². The Labute approximate surface area is 390 Å². The molecule has 6 heteroatoms. The largest absolute Gasteiger partial charge is 0.462 e. The standard InChI is InChI=1S/C57H100O6/c1-4-7-10-13-16-19-22-24-26-28-30-32-35-37-40-43-46-49-55(58)61-52-54(63-57(60)51-48-45-42-39-34-21-18-15-12-9-6-3)53-62-56(59)50-47-44-41-38-36-33-31-29-27-25-23-20-17-14-11-8-5-2/h15,18,24-27,30,32,37,40,54H,4-14,16-17,19-23,28-29,31,33-36,38-39,41-53H2,1-3H3/b18-15-,26-24-,27-25-,32-30-,40-37-/t54-/m1/s1. The number of unbranched alkanes of at least 4 members (excludes halogenated alkanes) is 27. The normalized spacial score (nSPS) is 12.5. The highest BCUT2D eigenvalue weighted by Crippen LogP contribution is 2.14. The van der Waals surface area contributed by atoms with Gasteiger partial charge in [-0.15, -0.1) is 0 Å². The molecule has 0 radical (unpaired) electrons. The molecule has 0 N–H and O–H groups in total. The number of allylic oxidation sites excluding steroid dienone is 10. The quantitative estimate of drug-likeness (QED) is 0.0262. The summed E-state index contributed by atoms with van der Waals surface area (Å²) in [4.78, 5) is 38.0. The van der Waals surface area contributed by atoms with Gasteiger partial charge in [-0.05, 0) is 96.3 Å². The molecule has 0 aliphatic carbocycles. The summed E-state index contributed by atoms with van der Waals surface area (Å²) in [5.74, 6) is -0.959. The van der Waals surface area contributed by atoms with Crippen molar-refractivity contribution >= 4 is 17.9 Å². The summed E-state index contributed by atoms with van der Waals surface area (Å²) in [7, 11) is 0. The van der Waals surface area contributed by atoms with Gasteiger partial charge in [0.1, 0.15) is 13.2 Å². The van der Waals surface area contributed by atoms with Gasteiger partial charge < -0.3 is 14.2 Å². The molecule has 1 atom stereocenters. The molecule has 0 bridgehead atoms. The molecule has 0 heterocycles. The first-order valence-corrected chi connectivity index (χ1v) is 26.8. The topological polar surface area (TPSA) is 78.9 Å². The number of hydrogen-bond acceptors (Lipinski definition) is 6. The van der Waals surface area contributed by atoms with E-state index < -0.39 is 6.10 Å². The van der Waals surface area contributed by atoms with E-state index in [0.29, 0.717) is 19.3 Å². The number of ether oxygens (including phenoxy) is 3. The third-order valence-electron chi connectivity index (χ3n) is 11.5. The van der Waals surface area contributed by atoms with Crippen molar-refractivity contribution in [3.63, 3.8) is 0 Å². The van der Waals surface area contributed by atoms with Crippen molar-refractivity contribution in [2.24, 2.45) is 0 Å². The molecule has 0 fully saturated rings. The number of hydrogen-bond donors (Lipinski definition) is 0. The van der Waals surface area contributed by atoms with Gasteiger partial charge in [0.2, 0.25) is 0 Å². The minimum absolute atomic E-state index is 0.0950. The Morgan fingerprint density at radius 2 is 0.603 bits per heavy atom. The summed E-state index contributed by atoms with van der Waals surface area (Å²) < 4.78 is 16.7. The number of carbonyl (C=O) groups is 3. The monoisotopic (exact) mass is 881 g/mol. The summed E-state index contributed by atoms with van der Waals surface area (Å²) in [5, 5.41) is 0. The Morgan fingerprint density at radius 1 is 0.317 bits per heavy atom. The Bertz CT molecular complexity index is 1150. The first kappa shape index (κ1) is 60.1. The number of rotatable bonds is 48. The predicted octanol–water partition coefficient (Wildman–Crippen LogP) is 17.6. The molecule has 0 amide bonds. The maximum absolute atomic E-state index is 12.8. The molecule has 364 valence electrons. The summed E-state index contributed by atoms with van der Waals surface area (Å²) in [6.07, 6.45) is 63.6. The van der Waals surface area contributed by atoms with E-state index in [4.69, 9.17) is 14.2 Å². The third kappa shape index (κ3) is 50.0. The third-order valence-corrected chi connectivity index (χ3v) is 11.5. The molecule has 0 rings (SSSR count). The van der Waals surface area contributed by atoms with Gasteiger partial charge in [0, 0.05) is 19.3 Å². The Morgan fingerprint density at radius 3 is 1.02 bits per heavy atom. The van der Waals surface area contributed by atoms with Crippen LogP contribution in [-0.2, 0) is 28.6 Å². The molecule has 6 nitrogen and oxygen atoms in total. The van der Waals surface area contributed by atoms with Crippen LogP contribution < -0.4 is 0 Å². The van der Waals surface area contributed by atoms with Crippen molar-refractivity contribution < 1.29 is 28.6 Å². The van der Waals surface area contributed by atoms with Crippen LogP contribution in [0.25, 0.3) is 0 Å². The fraction of sp³-hybridized carbons (Fsp3) is 0.772. The molecule has 0 saturated heterocycles. The highest BCUT2D eigenvalue weighted by atomic mass is 16.6. The fourth-order valence-corrected chi connectivity index (χ4v) is 7.37. The Kier molecular flexibility index (Phi) is 49.4. The fourth-order valence-electron chi connectivity index (χ4n) is 7.37. The predicted molar refractivity (Wildman–Crippen MR) is 270 cm³/mol. The van der Waals surface area contributed by atoms with Crippen LogP contribution in [0.3, 0.4) is 0 Å². The average Bonchev–Trinajstić information content (AvgIpc) is 3.28. The average molecular weight is 881 g/mol. The molecule has 0 saturated carbocycles. The zero-order valence-electron chi connectivity index (χ0n) is 41.6. The summed E-state index contributed by atoms with van der Waals surface area (Å²) in [6.45, 7) is 6.54. The lowest BCUT2D eigenvalue weighted by atomic mass is 10.1. The van der Waals surface area contributed by atoms with Gasteiger partial charge in [0.05, 0.1) is 0 Å². The first-order chi connectivity index (χ1) is 31.0. The summed E-state index contributed by atoms with van der Waals surface area (Å²) >= 11 is 0. The maximum Gasteiger partial charge on any atom is 0.306 e. The molecule has 0 spiro atoms. The lowest BCUT2D eigenvalue weighted by molar-refractivity contribution is -0.167. The molecule has 0 aromatic carbocycles. The maximum atomic E-state index is 12.8. The van der Waals surface area contributed by atoms with Crippen molar-refractivity contribution in [3.05, 3.63) is 60.8 Å². The van der Waals surface area contributed by atoms with E-state index >= 15 is 0 Å². The SMILES string of the molecule is CCCC/C=C\CCCCCCCC(=O)O[C@H](COC(=O)CCC/C=C\C/C=C\C/C=C\CCCCCCCC)COC(=O)CCCCCCCCC/C=C\CCCCCCCC. The van der Waals surface area contributed by atoms with Crippen LogP contribution in [0.2, 0.25) is 0 Å². The molecule has 0 aromatic rings. The van der Waals surface area contributed by atoms with Crippen molar-refractivity contribution in [2.45, 2.75) is 271 Å². The van der Waals surface area contributed by atoms with E-state index in [0.717, 1.165) is 70.6 Å². The number of carbonyl (C=O) groups excluding carboxylic acids is 3. The van der Waals surface area contributed by atoms with E-state index in [1.165, 1.54) is 148 Å². The van der Waals surface area contributed by atoms with Crippen LogP contribution in [0.5, 0.6) is 0 Å². The lowest BCUT2D eigenvalue weighted by Crippen LogP contribution is -2.30. The summed E-state index contributed by atoms with van der Waals surface area (Å²) in [6, 6.07) is 0. The minimum atomic E-state index is -0.799.